The summed E-state index contributed by atoms with van der Waals surface area (Å²) in [5.41, 5.74) is 0. The first-order valence-electron chi connectivity index (χ1n) is 6.56. The van der Waals surface area contributed by atoms with Crippen LogP contribution in [-0.4, -0.2) is 12.6 Å². The summed E-state index contributed by atoms with van der Waals surface area (Å²) in [4.78, 5) is 0. The van der Waals surface area contributed by atoms with E-state index in [0.29, 0.717) is 0 Å². The van der Waals surface area contributed by atoms with Crippen molar-refractivity contribution in [3.05, 3.63) is 0 Å². The topological polar surface area (TPSA) is 12.0 Å². The molecule has 82 valence electrons. The van der Waals surface area contributed by atoms with Crippen molar-refractivity contribution in [1.29, 1.82) is 0 Å². The number of rotatable bonds is 5. The Labute approximate surface area is 88.7 Å². The number of hydrogen-bond acceptors (Lipinski definition) is 1. The zero-order chi connectivity index (χ0) is 9.97. The summed E-state index contributed by atoms with van der Waals surface area (Å²) < 4.78 is 0. The maximum atomic E-state index is 3.75. The minimum Gasteiger partial charge on any atom is -0.314 e. The van der Waals surface area contributed by atoms with E-state index in [2.05, 4.69) is 19.2 Å². The molecule has 0 saturated heterocycles. The molecule has 0 aliphatic heterocycles. The van der Waals surface area contributed by atoms with E-state index in [-0.39, 0.29) is 0 Å². The zero-order valence-corrected chi connectivity index (χ0v) is 9.76. The van der Waals surface area contributed by atoms with Crippen molar-refractivity contribution >= 4 is 0 Å². The Balaban J connectivity index is 1.71. The third-order valence-electron chi connectivity index (χ3n) is 4.54. The van der Waals surface area contributed by atoms with Gasteiger partial charge in [-0.15, -0.1) is 0 Å². The molecule has 2 rings (SSSR count). The lowest BCUT2D eigenvalue weighted by Gasteiger charge is -2.24. The highest BCUT2D eigenvalue weighted by atomic mass is 14.9. The van der Waals surface area contributed by atoms with Crippen molar-refractivity contribution < 1.29 is 0 Å². The van der Waals surface area contributed by atoms with Crippen molar-refractivity contribution in [3.8, 4) is 0 Å². The van der Waals surface area contributed by atoms with Crippen LogP contribution >= 0.6 is 0 Å². The van der Waals surface area contributed by atoms with Crippen LogP contribution in [0.15, 0.2) is 0 Å². The molecule has 2 saturated carbocycles. The number of fused-ring (bicyclic) bond motifs is 2. The van der Waals surface area contributed by atoms with Crippen LogP contribution in [0.3, 0.4) is 0 Å². The zero-order valence-electron chi connectivity index (χ0n) is 9.76. The lowest BCUT2D eigenvalue weighted by molar-refractivity contribution is 0.302. The summed E-state index contributed by atoms with van der Waals surface area (Å²) in [7, 11) is 0. The summed E-state index contributed by atoms with van der Waals surface area (Å²) in [6.45, 7) is 5.89. The van der Waals surface area contributed by atoms with Crippen LogP contribution in [-0.2, 0) is 0 Å². The van der Waals surface area contributed by atoms with Crippen LogP contribution < -0.4 is 5.32 Å². The lowest BCUT2D eigenvalue weighted by Crippen LogP contribution is -2.34. The molecule has 0 aromatic heterocycles. The summed E-state index contributed by atoms with van der Waals surface area (Å²) in [6, 6.07) is 0.772. The van der Waals surface area contributed by atoms with Gasteiger partial charge < -0.3 is 5.32 Å². The van der Waals surface area contributed by atoms with Gasteiger partial charge in [0.1, 0.15) is 0 Å². The van der Waals surface area contributed by atoms with Gasteiger partial charge >= 0.3 is 0 Å². The standard InChI is InChI=1S/C13H25N/c1-3-13(4-2)14-9-12-8-10-5-6-11(12)7-10/h10-14H,3-9H2,1-2H3. The molecule has 1 N–H and O–H groups in total. The maximum Gasteiger partial charge on any atom is 0.00619 e. The Bertz CT molecular complexity index is 174. The molecule has 0 radical (unpaired) electrons. The van der Waals surface area contributed by atoms with Gasteiger partial charge in [-0.05, 0) is 56.4 Å². The minimum atomic E-state index is 0.772. The van der Waals surface area contributed by atoms with E-state index in [4.69, 9.17) is 0 Å². The molecule has 1 nitrogen and oxygen atoms in total. The van der Waals surface area contributed by atoms with Crippen LogP contribution in [0, 0.1) is 17.8 Å². The van der Waals surface area contributed by atoms with E-state index in [1.165, 1.54) is 38.6 Å². The second-order valence-corrected chi connectivity index (χ2v) is 5.36. The Kier molecular flexibility index (Phi) is 3.48. The molecule has 1 heteroatoms. The Morgan fingerprint density at radius 3 is 2.43 bits per heavy atom. The van der Waals surface area contributed by atoms with E-state index in [1.807, 2.05) is 0 Å². The van der Waals surface area contributed by atoms with E-state index >= 15 is 0 Å². The monoisotopic (exact) mass is 195 g/mol. The molecule has 2 aliphatic carbocycles. The van der Waals surface area contributed by atoms with Crippen LogP contribution in [0.1, 0.15) is 52.4 Å². The van der Waals surface area contributed by atoms with Gasteiger partial charge in [-0.2, -0.15) is 0 Å². The molecule has 14 heavy (non-hydrogen) atoms. The van der Waals surface area contributed by atoms with Gasteiger partial charge in [0, 0.05) is 6.04 Å². The highest BCUT2D eigenvalue weighted by molar-refractivity contribution is 4.91. The van der Waals surface area contributed by atoms with Gasteiger partial charge in [0.05, 0.1) is 0 Å². The van der Waals surface area contributed by atoms with Crippen LogP contribution in [0.2, 0.25) is 0 Å². The van der Waals surface area contributed by atoms with Crippen molar-refractivity contribution in [3.63, 3.8) is 0 Å². The highest BCUT2D eigenvalue weighted by Gasteiger charge is 2.38. The molecule has 0 spiro atoms. The molecule has 2 bridgehead atoms. The van der Waals surface area contributed by atoms with Crippen LogP contribution in [0.25, 0.3) is 0 Å². The molecule has 0 amide bonds. The normalized spacial score (nSPS) is 35.8. The average molecular weight is 195 g/mol. The van der Waals surface area contributed by atoms with Crippen LogP contribution in [0.4, 0.5) is 0 Å². The molecule has 2 fully saturated rings. The maximum absolute atomic E-state index is 3.75. The van der Waals surface area contributed by atoms with Crippen molar-refractivity contribution in [2.75, 3.05) is 6.54 Å². The quantitative estimate of drug-likeness (QED) is 0.710. The fraction of sp³-hybridized carbons (Fsp3) is 1.00. The molecule has 0 heterocycles. The first-order chi connectivity index (χ1) is 6.83. The molecular formula is C13H25N. The van der Waals surface area contributed by atoms with E-state index in [9.17, 15) is 0 Å². The minimum absolute atomic E-state index is 0.772. The molecule has 0 aromatic carbocycles. The van der Waals surface area contributed by atoms with E-state index < -0.39 is 0 Å². The second kappa shape index (κ2) is 4.65. The number of hydrogen-bond donors (Lipinski definition) is 1. The Morgan fingerprint density at radius 1 is 1.14 bits per heavy atom. The second-order valence-electron chi connectivity index (χ2n) is 5.36. The average Bonchev–Trinajstić information content (AvgIpc) is 2.80. The largest absolute Gasteiger partial charge is 0.314 e. The van der Waals surface area contributed by atoms with Gasteiger partial charge in [0.25, 0.3) is 0 Å². The highest BCUT2D eigenvalue weighted by Crippen LogP contribution is 2.47. The van der Waals surface area contributed by atoms with E-state index in [1.54, 1.807) is 6.42 Å². The fourth-order valence-electron chi connectivity index (χ4n) is 3.52. The van der Waals surface area contributed by atoms with Gasteiger partial charge in [0.2, 0.25) is 0 Å². The molecule has 0 aromatic rings. The first-order valence-corrected chi connectivity index (χ1v) is 6.56. The Morgan fingerprint density at radius 2 is 1.93 bits per heavy atom. The molecule has 3 unspecified atom stereocenters. The van der Waals surface area contributed by atoms with Crippen molar-refractivity contribution in [2.24, 2.45) is 17.8 Å². The molecule has 2 aliphatic rings. The lowest BCUT2D eigenvalue weighted by atomic mass is 9.88. The summed E-state index contributed by atoms with van der Waals surface area (Å²) in [6.07, 6.45) is 8.72. The van der Waals surface area contributed by atoms with Gasteiger partial charge in [-0.3, -0.25) is 0 Å². The smallest absolute Gasteiger partial charge is 0.00619 e. The fourth-order valence-corrected chi connectivity index (χ4v) is 3.52. The first kappa shape index (κ1) is 10.5. The Hall–Kier alpha value is -0.0400. The van der Waals surface area contributed by atoms with Gasteiger partial charge in [-0.1, -0.05) is 20.3 Å². The third-order valence-corrected chi connectivity index (χ3v) is 4.54. The predicted molar refractivity (Wildman–Crippen MR) is 61.3 cm³/mol. The predicted octanol–water partition coefficient (Wildman–Crippen LogP) is 3.20. The van der Waals surface area contributed by atoms with E-state index in [0.717, 1.165) is 23.8 Å². The van der Waals surface area contributed by atoms with Gasteiger partial charge in [-0.25, -0.2) is 0 Å². The summed E-state index contributed by atoms with van der Waals surface area (Å²) in [5, 5.41) is 3.75. The summed E-state index contributed by atoms with van der Waals surface area (Å²) >= 11 is 0. The van der Waals surface area contributed by atoms with Gasteiger partial charge in [0.15, 0.2) is 0 Å². The van der Waals surface area contributed by atoms with Crippen LogP contribution in [0.5, 0.6) is 0 Å². The third kappa shape index (κ3) is 2.13. The molecule has 3 atom stereocenters. The summed E-state index contributed by atoms with van der Waals surface area (Å²) in [5.74, 6) is 3.21. The molecular weight excluding hydrogens is 170 g/mol. The van der Waals surface area contributed by atoms with Crippen molar-refractivity contribution in [1.82, 2.24) is 5.32 Å². The van der Waals surface area contributed by atoms with Crippen molar-refractivity contribution in [2.45, 2.75) is 58.4 Å². The number of nitrogens with one attached hydrogen (secondary N) is 1. The SMILES string of the molecule is CCC(CC)NCC1CC2CCC1C2.